The Morgan fingerprint density at radius 3 is 2.24 bits per heavy atom. The number of imide groups is 2. The zero-order valence-corrected chi connectivity index (χ0v) is 14.9. The number of hydrogen-bond acceptors (Lipinski definition) is 7. The minimum absolute atomic E-state index is 0.0672. The number of nitro groups is 1. The quantitative estimate of drug-likeness (QED) is 0.275. The van der Waals surface area contributed by atoms with Crippen LogP contribution in [0.5, 0.6) is 0 Å². The summed E-state index contributed by atoms with van der Waals surface area (Å²) < 4.78 is 4.60. The van der Waals surface area contributed by atoms with E-state index in [9.17, 15) is 29.3 Å². The molecule has 1 fully saturated rings. The highest BCUT2D eigenvalue weighted by molar-refractivity contribution is 6.39. The number of carbonyl (C=O) groups is 4. The Kier molecular flexibility index (Phi) is 5.17. The highest BCUT2D eigenvalue weighted by atomic mass is 16.6. The predicted molar refractivity (Wildman–Crippen MR) is 99.9 cm³/mol. The fourth-order valence-corrected chi connectivity index (χ4v) is 2.62. The Bertz CT molecular complexity index is 1060. The second kappa shape index (κ2) is 7.72. The van der Waals surface area contributed by atoms with Gasteiger partial charge in [-0.2, -0.15) is 0 Å². The second-order valence-corrected chi connectivity index (χ2v) is 5.84. The van der Waals surface area contributed by atoms with Gasteiger partial charge in [-0.05, 0) is 35.9 Å². The zero-order valence-electron chi connectivity index (χ0n) is 14.9. The van der Waals surface area contributed by atoms with Crippen molar-refractivity contribution in [3.8, 4) is 0 Å². The summed E-state index contributed by atoms with van der Waals surface area (Å²) in [5.41, 5.74) is 0.272. The van der Waals surface area contributed by atoms with E-state index in [1.807, 2.05) is 0 Å². The number of rotatable bonds is 4. The molecule has 4 amide bonds. The molecule has 0 unspecified atom stereocenters. The van der Waals surface area contributed by atoms with Crippen molar-refractivity contribution in [2.45, 2.75) is 0 Å². The number of carbonyl (C=O) groups excluding carboxylic acids is 4. The van der Waals surface area contributed by atoms with Crippen molar-refractivity contribution >= 4 is 41.3 Å². The van der Waals surface area contributed by atoms with E-state index in [1.54, 1.807) is 0 Å². The summed E-state index contributed by atoms with van der Waals surface area (Å²) in [7, 11) is 1.24. The molecular formula is C19H13N3O7. The standard InChI is InChI=1S/C19H13N3O7/c1-29-18(25)12-4-2-11(3-5-12)10-15-16(23)20-19(26)21(17(15)24)13-6-8-14(9-7-13)22(27)28/h2-10H,1H3,(H,20,23,26). The topological polar surface area (TPSA) is 136 Å². The summed E-state index contributed by atoms with van der Waals surface area (Å²) in [6.45, 7) is 0. The van der Waals surface area contributed by atoms with Crippen LogP contribution in [-0.2, 0) is 14.3 Å². The number of ether oxygens (including phenoxy) is 1. The lowest BCUT2D eigenvalue weighted by molar-refractivity contribution is -0.384. The van der Waals surface area contributed by atoms with Gasteiger partial charge in [0, 0.05) is 12.1 Å². The molecule has 0 bridgehead atoms. The van der Waals surface area contributed by atoms with E-state index >= 15 is 0 Å². The number of anilines is 1. The van der Waals surface area contributed by atoms with Gasteiger partial charge in [-0.1, -0.05) is 12.1 Å². The summed E-state index contributed by atoms with van der Waals surface area (Å²) in [5.74, 6) is -2.30. The molecule has 10 heteroatoms. The van der Waals surface area contributed by atoms with Gasteiger partial charge in [0.15, 0.2) is 0 Å². The van der Waals surface area contributed by atoms with Crippen molar-refractivity contribution in [3.05, 3.63) is 75.3 Å². The van der Waals surface area contributed by atoms with Crippen molar-refractivity contribution in [2.24, 2.45) is 0 Å². The summed E-state index contributed by atoms with van der Waals surface area (Å²) in [6, 6.07) is 9.71. The lowest BCUT2D eigenvalue weighted by atomic mass is 10.1. The van der Waals surface area contributed by atoms with Gasteiger partial charge in [-0.3, -0.25) is 25.0 Å². The Balaban J connectivity index is 1.93. The van der Waals surface area contributed by atoms with Gasteiger partial charge in [0.25, 0.3) is 17.5 Å². The average molecular weight is 395 g/mol. The molecule has 1 aliphatic rings. The third-order valence-electron chi connectivity index (χ3n) is 4.06. The van der Waals surface area contributed by atoms with Crippen LogP contribution >= 0.6 is 0 Å². The maximum atomic E-state index is 12.8. The molecular weight excluding hydrogens is 382 g/mol. The van der Waals surface area contributed by atoms with Gasteiger partial charge in [-0.25, -0.2) is 14.5 Å². The fraction of sp³-hybridized carbons (Fsp3) is 0.0526. The molecule has 29 heavy (non-hydrogen) atoms. The third kappa shape index (κ3) is 3.86. The first-order chi connectivity index (χ1) is 13.8. The van der Waals surface area contributed by atoms with E-state index in [0.717, 1.165) is 12.1 Å². The summed E-state index contributed by atoms with van der Waals surface area (Å²) in [4.78, 5) is 59.4. The van der Waals surface area contributed by atoms with E-state index in [0.29, 0.717) is 10.5 Å². The van der Waals surface area contributed by atoms with Crippen LogP contribution in [0.4, 0.5) is 16.2 Å². The lowest BCUT2D eigenvalue weighted by Crippen LogP contribution is -2.54. The normalized spacial score (nSPS) is 15.3. The molecule has 2 aromatic rings. The second-order valence-electron chi connectivity index (χ2n) is 5.84. The largest absolute Gasteiger partial charge is 0.465 e. The first kappa shape index (κ1) is 19.4. The number of nitrogens with one attached hydrogen (secondary N) is 1. The van der Waals surface area contributed by atoms with Crippen molar-refractivity contribution in [3.63, 3.8) is 0 Å². The Labute approximate surface area is 163 Å². The fourth-order valence-electron chi connectivity index (χ4n) is 2.62. The van der Waals surface area contributed by atoms with Gasteiger partial charge in [0.05, 0.1) is 23.3 Å². The monoisotopic (exact) mass is 395 g/mol. The number of amides is 4. The molecule has 3 rings (SSSR count). The first-order valence-corrected chi connectivity index (χ1v) is 8.16. The van der Waals surface area contributed by atoms with Crippen LogP contribution in [0.1, 0.15) is 15.9 Å². The number of hydrogen-bond donors (Lipinski definition) is 1. The molecule has 146 valence electrons. The van der Waals surface area contributed by atoms with Crippen molar-refractivity contribution in [1.82, 2.24) is 5.32 Å². The number of nitro benzene ring substituents is 1. The van der Waals surface area contributed by atoms with Crippen molar-refractivity contribution < 1.29 is 28.8 Å². The molecule has 0 spiro atoms. The van der Waals surface area contributed by atoms with Crippen molar-refractivity contribution in [2.75, 3.05) is 12.0 Å². The average Bonchev–Trinajstić information content (AvgIpc) is 2.71. The number of barbiturate groups is 1. The smallest absolute Gasteiger partial charge is 0.337 e. The molecule has 2 aromatic carbocycles. The molecule has 1 saturated heterocycles. The van der Waals surface area contributed by atoms with E-state index in [-0.39, 0.29) is 22.5 Å². The van der Waals surface area contributed by atoms with Gasteiger partial charge in [0.2, 0.25) is 0 Å². The molecule has 0 aromatic heterocycles. The molecule has 0 radical (unpaired) electrons. The SMILES string of the molecule is COC(=O)c1ccc(C=C2C(=O)NC(=O)N(c3ccc([N+](=O)[O-])cc3)C2=O)cc1. The Morgan fingerprint density at radius 1 is 1.07 bits per heavy atom. The highest BCUT2D eigenvalue weighted by Crippen LogP contribution is 2.24. The number of methoxy groups -OCH3 is 1. The number of non-ortho nitro benzene ring substituents is 1. The number of nitrogens with zero attached hydrogens (tertiary/aromatic N) is 2. The molecule has 10 nitrogen and oxygen atoms in total. The summed E-state index contributed by atoms with van der Waals surface area (Å²) in [6.07, 6.45) is 1.27. The molecule has 1 heterocycles. The molecule has 1 N–H and O–H groups in total. The van der Waals surface area contributed by atoms with Gasteiger partial charge >= 0.3 is 12.0 Å². The van der Waals surface area contributed by atoms with Gasteiger partial charge in [0.1, 0.15) is 5.57 Å². The van der Waals surface area contributed by atoms with E-state index < -0.39 is 28.7 Å². The highest BCUT2D eigenvalue weighted by Gasteiger charge is 2.36. The van der Waals surface area contributed by atoms with Crippen LogP contribution in [0.15, 0.2) is 54.1 Å². The lowest BCUT2D eigenvalue weighted by Gasteiger charge is -2.26. The van der Waals surface area contributed by atoms with Crippen LogP contribution in [0, 0.1) is 10.1 Å². The number of esters is 1. The van der Waals surface area contributed by atoms with Crippen LogP contribution in [0.25, 0.3) is 6.08 Å². The Hall–Kier alpha value is -4.34. The molecule has 0 atom stereocenters. The minimum atomic E-state index is -0.966. The zero-order chi connectivity index (χ0) is 21.1. The van der Waals surface area contributed by atoms with Crippen LogP contribution in [0.3, 0.4) is 0 Å². The summed E-state index contributed by atoms with van der Waals surface area (Å²) >= 11 is 0. The first-order valence-electron chi connectivity index (χ1n) is 8.16. The van der Waals surface area contributed by atoms with Crippen LogP contribution in [-0.4, -0.2) is 35.8 Å². The van der Waals surface area contributed by atoms with E-state index in [1.165, 1.54) is 49.6 Å². The molecule has 0 aliphatic carbocycles. The maximum absolute atomic E-state index is 12.8. The van der Waals surface area contributed by atoms with Crippen LogP contribution < -0.4 is 10.2 Å². The predicted octanol–water partition coefficient (Wildman–Crippen LogP) is 2.05. The summed E-state index contributed by atoms with van der Waals surface area (Å²) in [5, 5.41) is 12.8. The third-order valence-corrected chi connectivity index (χ3v) is 4.06. The van der Waals surface area contributed by atoms with Crippen molar-refractivity contribution in [1.29, 1.82) is 0 Å². The minimum Gasteiger partial charge on any atom is -0.465 e. The number of urea groups is 1. The van der Waals surface area contributed by atoms with E-state index in [2.05, 4.69) is 10.1 Å². The van der Waals surface area contributed by atoms with Crippen LogP contribution in [0.2, 0.25) is 0 Å². The van der Waals surface area contributed by atoms with Gasteiger partial charge in [-0.15, -0.1) is 0 Å². The van der Waals surface area contributed by atoms with E-state index in [4.69, 9.17) is 0 Å². The molecule has 1 aliphatic heterocycles. The number of benzene rings is 2. The van der Waals surface area contributed by atoms with Gasteiger partial charge < -0.3 is 4.74 Å². The Morgan fingerprint density at radius 2 is 1.69 bits per heavy atom. The molecule has 0 saturated carbocycles. The maximum Gasteiger partial charge on any atom is 0.337 e.